The third-order valence-corrected chi connectivity index (χ3v) is 4.42. The summed E-state index contributed by atoms with van der Waals surface area (Å²) in [6.45, 7) is 5.27. The first-order valence-corrected chi connectivity index (χ1v) is 8.20. The largest absolute Gasteiger partial charge is 0.384 e. The standard InChI is InChI=1S/C13H24N4O2S/c1-5-15-12-6-8-14-10-13(12)20(18,19)16-11(2)7-9-17(3)4/h6,8,10-11,16H,5,7,9H2,1-4H3,(H,14,15). The van der Waals surface area contributed by atoms with Crippen molar-refractivity contribution in [3.05, 3.63) is 18.5 Å². The predicted octanol–water partition coefficient (Wildman–Crippen LogP) is 1.13. The van der Waals surface area contributed by atoms with Gasteiger partial charge in [0.25, 0.3) is 0 Å². The Morgan fingerprint density at radius 2 is 2.10 bits per heavy atom. The van der Waals surface area contributed by atoms with Crippen LogP contribution in [0.2, 0.25) is 0 Å². The molecule has 0 saturated carbocycles. The number of hydrogen-bond acceptors (Lipinski definition) is 5. The van der Waals surface area contributed by atoms with Crippen LogP contribution in [0.4, 0.5) is 5.69 Å². The Kier molecular flexibility index (Phi) is 6.38. The molecule has 0 fully saturated rings. The van der Waals surface area contributed by atoms with Crippen molar-refractivity contribution in [3.8, 4) is 0 Å². The van der Waals surface area contributed by atoms with Gasteiger partial charge >= 0.3 is 0 Å². The molecule has 1 atom stereocenters. The van der Waals surface area contributed by atoms with E-state index in [0.717, 1.165) is 13.0 Å². The molecule has 1 aromatic heterocycles. The molecule has 114 valence electrons. The zero-order valence-corrected chi connectivity index (χ0v) is 13.4. The summed E-state index contributed by atoms with van der Waals surface area (Å²) in [5.41, 5.74) is 0.579. The summed E-state index contributed by atoms with van der Waals surface area (Å²) in [5, 5.41) is 3.04. The lowest BCUT2D eigenvalue weighted by molar-refractivity contribution is 0.379. The van der Waals surface area contributed by atoms with Crippen LogP contribution in [0.15, 0.2) is 23.4 Å². The maximum atomic E-state index is 12.4. The van der Waals surface area contributed by atoms with Crippen molar-refractivity contribution in [2.75, 3.05) is 32.5 Å². The van der Waals surface area contributed by atoms with E-state index in [2.05, 4.69) is 15.0 Å². The molecule has 2 N–H and O–H groups in total. The van der Waals surface area contributed by atoms with Gasteiger partial charge in [-0.3, -0.25) is 4.98 Å². The van der Waals surface area contributed by atoms with Crippen LogP contribution < -0.4 is 10.0 Å². The number of aromatic nitrogens is 1. The predicted molar refractivity (Wildman–Crippen MR) is 81.4 cm³/mol. The molecule has 20 heavy (non-hydrogen) atoms. The topological polar surface area (TPSA) is 74.3 Å². The Hall–Kier alpha value is -1.18. The molecule has 0 aliphatic heterocycles. The molecule has 0 radical (unpaired) electrons. The van der Waals surface area contributed by atoms with E-state index in [1.807, 2.05) is 32.8 Å². The summed E-state index contributed by atoms with van der Waals surface area (Å²) in [7, 11) is 0.374. The van der Waals surface area contributed by atoms with Crippen LogP contribution in [0.5, 0.6) is 0 Å². The number of hydrogen-bond donors (Lipinski definition) is 2. The van der Waals surface area contributed by atoms with Gasteiger partial charge in [0, 0.05) is 25.0 Å². The second-order valence-electron chi connectivity index (χ2n) is 5.02. The molecule has 0 bridgehead atoms. The van der Waals surface area contributed by atoms with Crippen molar-refractivity contribution in [2.24, 2.45) is 0 Å². The second-order valence-corrected chi connectivity index (χ2v) is 6.70. The summed E-state index contributed by atoms with van der Waals surface area (Å²) in [4.78, 5) is 6.13. The van der Waals surface area contributed by atoms with E-state index < -0.39 is 10.0 Å². The van der Waals surface area contributed by atoms with E-state index in [1.54, 1.807) is 12.3 Å². The number of nitrogens with zero attached hydrogens (tertiary/aromatic N) is 2. The van der Waals surface area contributed by atoms with Crippen LogP contribution in [-0.4, -0.2) is 51.5 Å². The van der Waals surface area contributed by atoms with E-state index in [4.69, 9.17) is 0 Å². The van der Waals surface area contributed by atoms with E-state index in [-0.39, 0.29) is 10.9 Å². The van der Waals surface area contributed by atoms with Gasteiger partial charge in [-0.05, 0) is 47.0 Å². The van der Waals surface area contributed by atoms with Gasteiger partial charge in [0.15, 0.2) is 0 Å². The van der Waals surface area contributed by atoms with Gasteiger partial charge in [-0.25, -0.2) is 13.1 Å². The summed E-state index contributed by atoms with van der Waals surface area (Å²) < 4.78 is 27.4. The lowest BCUT2D eigenvalue weighted by atomic mass is 10.2. The van der Waals surface area contributed by atoms with E-state index in [1.165, 1.54) is 6.20 Å². The van der Waals surface area contributed by atoms with Crippen LogP contribution in [0.1, 0.15) is 20.3 Å². The van der Waals surface area contributed by atoms with Crippen molar-refractivity contribution >= 4 is 15.7 Å². The first-order valence-electron chi connectivity index (χ1n) is 6.71. The Labute approximate surface area is 121 Å². The fourth-order valence-electron chi connectivity index (χ4n) is 1.77. The van der Waals surface area contributed by atoms with Crippen molar-refractivity contribution in [1.82, 2.24) is 14.6 Å². The Morgan fingerprint density at radius 3 is 2.70 bits per heavy atom. The lowest BCUT2D eigenvalue weighted by Crippen LogP contribution is -2.35. The van der Waals surface area contributed by atoms with Crippen LogP contribution in [-0.2, 0) is 10.0 Å². The molecule has 1 rings (SSSR count). The highest BCUT2D eigenvalue weighted by Crippen LogP contribution is 2.19. The average molecular weight is 300 g/mol. The maximum absolute atomic E-state index is 12.4. The average Bonchev–Trinajstić information content (AvgIpc) is 2.37. The fourth-order valence-corrected chi connectivity index (χ4v) is 3.17. The first kappa shape index (κ1) is 16.9. The summed E-state index contributed by atoms with van der Waals surface area (Å²) in [6, 6.07) is 1.54. The molecule has 0 amide bonds. The molecular weight excluding hydrogens is 276 g/mol. The number of nitrogens with one attached hydrogen (secondary N) is 2. The number of anilines is 1. The van der Waals surface area contributed by atoms with Crippen LogP contribution >= 0.6 is 0 Å². The van der Waals surface area contributed by atoms with Crippen LogP contribution in [0.3, 0.4) is 0 Å². The molecule has 1 unspecified atom stereocenters. The highest BCUT2D eigenvalue weighted by atomic mass is 32.2. The van der Waals surface area contributed by atoms with Gasteiger partial charge in [0.2, 0.25) is 10.0 Å². The minimum atomic E-state index is -3.55. The van der Waals surface area contributed by atoms with E-state index in [0.29, 0.717) is 12.2 Å². The highest BCUT2D eigenvalue weighted by Gasteiger charge is 2.21. The molecule has 0 saturated heterocycles. The molecule has 0 aliphatic carbocycles. The molecule has 6 nitrogen and oxygen atoms in total. The molecular formula is C13H24N4O2S. The number of sulfonamides is 1. The second kappa shape index (κ2) is 7.56. The lowest BCUT2D eigenvalue weighted by Gasteiger charge is -2.18. The van der Waals surface area contributed by atoms with E-state index >= 15 is 0 Å². The SMILES string of the molecule is CCNc1ccncc1S(=O)(=O)NC(C)CCN(C)C. The third-order valence-electron chi connectivity index (χ3n) is 2.81. The maximum Gasteiger partial charge on any atom is 0.244 e. The molecule has 0 aliphatic rings. The molecule has 7 heteroatoms. The zero-order chi connectivity index (χ0) is 15.2. The normalized spacial score (nSPS) is 13.4. The summed E-state index contributed by atoms with van der Waals surface area (Å²) in [5.74, 6) is 0. The fraction of sp³-hybridized carbons (Fsp3) is 0.615. The summed E-state index contributed by atoms with van der Waals surface area (Å²) in [6.07, 6.45) is 3.70. The van der Waals surface area contributed by atoms with Crippen LogP contribution in [0, 0.1) is 0 Å². The van der Waals surface area contributed by atoms with Gasteiger partial charge in [0.1, 0.15) is 4.90 Å². The number of pyridine rings is 1. The molecule has 0 aromatic carbocycles. The van der Waals surface area contributed by atoms with E-state index in [9.17, 15) is 8.42 Å². The summed E-state index contributed by atoms with van der Waals surface area (Å²) >= 11 is 0. The highest BCUT2D eigenvalue weighted by molar-refractivity contribution is 7.89. The Bertz CT molecular complexity index is 517. The number of rotatable bonds is 8. The molecule has 1 heterocycles. The van der Waals surface area contributed by atoms with Crippen molar-refractivity contribution in [1.29, 1.82) is 0 Å². The van der Waals surface area contributed by atoms with Gasteiger partial charge in [-0.1, -0.05) is 0 Å². The van der Waals surface area contributed by atoms with Crippen molar-refractivity contribution in [2.45, 2.75) is 31.2 Å². The monoisotopic (exact) mass is 300 g/mol. The van der Waals surface area contributed by atoms with Crippen molar-refractivity contribution < 1.29 is 8.42 Å². The van der Waals surface area contributed by atoms with Gasteiger partial charge in [0.05, 0.1) is 5.69 Å². The molecule has 1 aromatic rings. The Morgan fingerprint density at radius 1 is 1.40 bits per heavy atom. The molecule has 0 spiro atoms. The van der Waals surface area contributed by atoms with Crippen LogP contribution in [0.25, 0.3) is 0 Å². The smallest absolute Gasteiger partial charge is 0.244 e. The van der Waals surface area contributed by atoms with Gasteiger partial charge in [-0.2, -0.15) is 0 Å². The Balaban J connectivity index is 2.83. The van der Waals surface area contributed by atoms with Gasteiger partial charge in [-0.15, -0.1) is 0 Å². The minimum Gasteiger partial charge on any atom is -0.384 e. The van der Waals surface area contributed by atoms with Crippen molar-refractivity contribution in [3.63, 3.8) is 0 Å². The quantitative estimate of drug-likeness (QED) is 0.753. The zero-order valence-electron chi connectivity index (χ0n) is 12.5. The van der Waals surface area contributed by atoms with Gasteiger partial charge < -0.3 is 10.2 Å². The third kappa shape index (κ3) is 5.07. The first-order chi connectivity index (χ1) is 9.36. The minimum absolute atomic E-state index is 0.128.